The summed E-state index contributed by atoms with van der Waals surface area (Å²) < 4.78 is 10.8. The number of ether oxygens (including phenoxy) is 2. The summed E-state index contributed by atoms with van der Waals surface area (Å²) in [7, 11) is 9.20. The van der Waals surface area contributed by atoms with Crippen LogP contribution >= 0.6 is 0 Å². The zero-order valence-electron chi connectivity index (χ0n) is 17.7. The number of hydrogen-bond acceptors (Lipinski definition) is 4. The normalized spacial score (nSPS) is 12.6. The van der Waals surface area contributed by atoms with E-state index in [9.17, 15) is 0 Å². The Bertz CT molecular complexity index is 773. The predicted octanol–water partition coefficient (Wildman–Crippen LogP) is 2.98. The Morgan fingerprint density at radius 2 is 1.68 bits per heavy atom. The molecule has 0 bridgehead atoms. The number of nitrogens with one attached hydrogen (secondary N) is 2. The highest BCUT2D eigenvalue weighted by Crippen LogP contribution is 2.31. The zero-order valence-corrected chi connectivity index (χ0v) is 17.7. The Morgan fingerprint density at radius 3 is 2.25 bits per heavy atom. The fourth-order valence-corrected chi connectivity index (χ4v) is 2.96. The quantitative estimate of drug-likeness (QED) is 0.541. The second-order valence-electron chi connectivity index (χ2n) is 6.89. The maximum Gasteiger partial charge on any atom is 0.191 e. The Morgan fingerprint density at radius 1 is 1.00 bits per heavy atom. The van der Waals surface area contributed by atoms with Crippen LogP contribution in [0.2, 0.25) is 0 Å². The number of hydrogen-bond donors (Lipinski definition) is 2. The fraction of sp³-hybridized carbons (Fsp3) is 0.409. The molecule has 0 heterocycles. The maximum atomic E-state index is 5.45. The SMILES string of the molecule is CN=C(NCc1ccc(C)cc1)NCC(c1ccc(OC)c(OC)c1)N(C)C. The average Bonchev–Trinajstić information content (AvgIpc) is 2.71. The molecular formula is C22H32N4O2. The molecule has 6 nitrogen and oxygen atoms in total. The third kappa shape index (κ3) is 5.89. The lowest BCUT2D eigenvalue weighted by Crippen LogP contribution is -2.41. The van der Waals surface area contributed by atoms with Crippen molar-refractivity contribution in [2.75, 3.05) is 41.9 Å². The molecule has 2 aromatic rings. The molecule has 2 rings (SSSR count). The molecule has 0 aromatic heterocycles. The number of likely N-dealkylation sites (N-methyl/N-ethyl adjacent to an activating group) is 1. The molecule has 28 heavy (non-hydrogen) atoms. The van der Waals surface area contributed by atoms with Gasteiger partial charge in [0.15, 0.2) is 17.5 Å². The van der Waals surface area contributed by atoms with Crippen LogP contribution in [-0.4, -0.2) is 52.8 Å². The lowest BCUT2D eigenvalue weighted by molar-refractivity contribution is 0.295. The fourth-order valence-electron chi connectivity index (χ4n) is 2.96. The molecule has 0 aliphatic rings. The molecule has 0 saturated carbocycles. The van der Waals surface area contributed by atoms with Gasteiger partial charge in [0.05, 0.1) is 20.3 Å². The highest BCUT2D eigenvalue weighted by Gasteiger charge is 2.17. The molecule has 6 heteroatoms. The predicted molar refractivity (Wildman–Crippen MR) is 115 cm³/mol. The van der Waals surface area contributed by atoms with Crippen molar-refractivity contribution in [2.24, 2.45) is 4.99 Å². The van der Waals surface area contributed by atoms with E-state index in [2.05, 4.69) is 71.9 Å². The minimum Gasteiger partial charge on any atom is -0.493 e. The summed E-state index contributed by atoms with van der Waals surface area (Å²) in [6.45, 7) is 3.52. The first-order valence-corrected chi connectivity index (χ1v) is 9.37. The number of guanidine groups is 1. The first-order valence-electron chi connectivity index (χ1n) is 9.37. The van der Waals surface area contributed by atoms with Crippen molar-refractivity contribution >= 4 is 5.96 Å². The molecule has 152 valence electrons. The van der Waals surface area contributed by atoms with Crippen molar-refractivity contribution in [2.45, 2.75) is 19.5 Å². The van der Waals surface area contributed by atoms with Crippen molar-refractivity contribution in [1.82, 2.24) is 15.5 Å². The molecule has 0 radical (unpaired) electrons. The van der Waals surface area contributed by atoms with Gasteiger partial charge in [0.25, 0.3) is 0 Å². The highest BCUT2D eigenvalue weighted by atomic mass is 16.5. The summed E-state index contributed by atoms with van der Waals surface area (Å²) in [5.41, 5.74) is 3.62. The van der Waals surface area contributed by atoms with E-state index in [1.807, 2.05) is 12.1 Å². The molecule has 0 aliphatic carbocycles. The number of rotatable bonds is 8. The van der Waals surface area contributed by atoms with Crippen LogP contribution in [0.1, 0.15) is 22.7 Å². The van der Waals surface area contributed by atoms with E-state index in [1.54, 1.807) is 21.3 Å². The van der Waals surface area contributed by atoms with Crippen LogP contribution < -0.4 is 20.1 Å². The highest BCUT2D eigenvalue weighted by molar-refractivity contribution is 5.79. The van der Waals surface area contributed by atoms with E-state index >= 15 is 0 Å². The number of methoxy groups -OCH3 is 2. The number of aliphatic imine (C=N–C) groups is 1. The minimum absolute atomic E-state index is 0.151. The summed E-state index contributed by atoms with van der Waals surface area (Å²) in [4.78, 5) is 6.51. The van der Waals surface area contributed by atoms with Crippen LogP contribution in [0.3, 0.4) is 0 Å². The van der Waals surface area contributed by atoms with Crippen LogP contribution in [0.5, 0.6) is 11.5 Å². The van der Waals surface area contributed by atoms with Gasteiger partial charge < -0.3 is 25.0 Å². The third-order valence-corrected chi connectivity index (χ3v) is 4.68. The maximum absolute atomic E-state index is 5.45. The van der Waals surface area contributed by atoms with Crippen LogP contribution in [0, 0.1) is 6.92 Å². The number of nitrogens with zero attached hydrogens (tertiary/aromatic N) is 2. The minimum atomic E-state index is 0.151. The van der Waals surface area contributed by atoms with Crippen molar-refractivity contribution in [3.63, 3.8) is 0 Å². The van der Waals surface area contributed by atoms with Crippen molar-refractivity contribution in [1.29, 1.82) is 0 Å². The molecule has 0 spiro atoms. The van der Waals surface area contributed by atoms with Crippen molar-refractivity contribution in [3.05, 3.63) is 59.2 Å². The van der Waals surface area contributed by atoms with Crippen LogP contribution in [0.4, 0.5) is 0 Å². The summed E-state index contributed by atoms with van der Waals surface area (Å²) in [5.74, 6) is 2.23. The molecule has 0 amide bonds. The molecule has 1 unspecified atom stereocenters. The van der Waals surface area contributed by atoms with E-state index in [4.69, 9.17) is 9.47 Å². The summed E-state index contributed by atoms with van der Waals surface area (Å²) in [6.07, 6.45) is 0. The summed E-state index contributed by atoms with van der Waals surface area (Å²) in [6, 6.07) is 14.7. The number of aryl methyl sites for hydroxylation is 1. The average molecular weight is 385 g/mol. The van der Waals surface area contributed by atoms with E-state index < -0.39 is 0 Å². The number of benzene rings is 2. The van der Waals surface area contributed by atoms with Gasteiger partial charge in [-0.2, -0.15) is 0 Å². The largest absolute Gasteiger partial charge is 0.493 e. The van der Waals surface area contributed by atoms with E-state index in [-0.39, 0.29) is 6.04 Å². The van der Waals surface area contributed by atoms with Crippen LogP contribution in [-0.2, 0) is 6.54 Å². The van der Waals surface area contributed by atoms with Gasteiger partial charge in [-0.3, -0.25) is 4.99 Å². The molecule has 0 fully saturated rings. The smallest absolute Gasteiger partial charge is 0.191 e. The lowest BCUT2D eigenvalue weighted by atomic mass is 10.1. The standard InChI is InChI=1S/C22H32N4O2/c1-16-7-9-17(10-8-16)14-24-22(23-2)25-15-19(26(3)4)18-11-12-20(27-5)21(13-18)28-6/h7-13,19H,14-15H2,1-6H3,(H2,23,24,25). The molecule has 2 N–H and O–H groups in total. The van der Waals surface area contributed by atoms with Gasteiger partial charge in [0.2, 0.25) is 0 Å². The molecule has 1 atom stereocenters. The van der Waals surface area contributed by atoms with E-state index in [0.29, 0.717) is 6.54 Å². The summed E-state index contributed by atoms with van der Waals surface area (Å²) in [5, 5.41) is 6.79. The van der Waals surface area contributed by atoms with Gasteiger partial charge in [0.1, 0.15) is 0 Å². The molecule has 2 aromatic carbocycles. The van der Waals surface area contributed by atoms with Crippen LogP contribution in [0.25, 0.3) is 0 Å². The topological polar surface area (TPSA) is 58.1 Å². The molecular weight excluding hydrogens is 352 g/mol. The van der Waals surface area contributed by atoms with Crippen molar-refractivity contribution < 1.29 is 9.47 Å². The first kappa shape index (κ1) is 21.6. The Kier molecular flexibility index (Phi) is 8.14. The second kappa shape index (κ2) is 10.6. The van der Waals surface area contributed by atoms with E-state index in [0.717, 1.165) is 29.6 Å². The second-order valence-corrected chi connectivity index (χ2v) is 6.89. The summed E-state index contributed by atoms with van der Waals surface area (Å²) >= 11 is 0. The van der Waals surface area contributed by atoms with E-state index in [1.165, 1.54) is 11.1 Å². The lowest BCUT2D eigenvalue weighted by Gasteiger charge is -2.26. The van der Waals surface area contributed by atoms with Crippen molar-refractivity contribution in [3.8, 4) is 11.5 Å². The van der Waals surface area contributed by atoms with Crippen LogP contribution in [0.15, 0.2) is 47.5 Å². The van der Waals surface area contributed by atoms with Gasteiger partial charge >= 0.3 is 0 Å². The molecule has 0 saturated heterocycles. The van der Waals surface area contributed by atoms with Gasteiger partial charge in [-0.1, -0.05) is 35.9 Å². The van der Waals surface area contributed by atoms with Gasteiger partial charge in [-0.25, -0.2) is 0 Å². The van der Waals surface area contributed by atoms with Gasteiger partial charge in [-0.15, -0.1) is 0 Å². The van der Waals surface area contributed by atoms with Gasteiger partial charge in [-0.05, 0) is 44.3 Å². The Balaban J connectivity index is 2.02. The Hall–Kier alpha value is -2.73. The monoisotopic (exact) mass is 384 g/mol. The zero-order chi connectivity index (χ0) is 20.5. The third-order valence-electron chi connectivity index (χ3n) is 4.68. The first-order chi connectivity index (χ1) is 13.5. The molecule has 0 aliphatic heterocycles. The Labute approximate surface area is 168 Å². The van der Waals surface area contributed by atoms with Gasteiger partial charge in [0, 0.05) is 20.1 Å².